The molecule has 2 aromatic heterocycles. The van der Waals surface area contributed by atoms with Crippen molar-refractivity contribution in [3.63, 3.8) is 0 Å². The Bertz CT molecular complexity index is 439. The van der Waals surface area contributed by atoms with E-state index >= 15 is 0 Å². The van der Waals surface area contributed by atoms with E-state index in [1.807, 2.05) is 6.07 Å². The third kappa shape index (κ3) is 3.17. The number of pyridine rings is 1. The highest BCUT2D eigenvalue weighted by Crippen LogP contribution is 2.17. The largest absolute Gasteiger partial charge is 0.348 e. The number of rotatable bonds is 5. The fourth-order valence-electron chi connectivity index (χ4n) is 1.55. The van der Waals surface area contributed by atoms with E-state index in [-0.39, 0.29) is 6.17 Å². The van der Waals surface area contributed by atoms with Crippen molar-refractivity contribution < 1.29 is 0 Å². The summed E-state index contributed by atoms with van der Waals surface area (Å²) in [6, 6.07) is 3.66. The van der Waals surface area contributed by atoms with E-state index in [1.165, 1.54) is 6.33 Å². The standard InChI is InChI=1S/C11H14ClN5/c1-2-3-11(17-8-13-7-15-17)16-10-5-4-9(12)6-14-10/h4-8,11H,2-3H2,1H3,(H,14,16). The van der Waals surface area contributed by atoms with Gasteiger partial charge in [-0.2, -0.15) is 5.10 Å². The van der Waals surface area contributed by atoms with E-state index in [4.69, 9.17) is 11.6 Å². The summed E-state index contributed by atoms with van der Waals surface area (Å²) < 4.78 is 1.79. The first kappa shape index (κ1) is 11.9. The lowest BCUT2D eigenvalue weighted by Gasteiger charge is -2.18. The minimum atomic E-state index is 0.0659. The van der Waals surface area contributed by atoms with E-state index in [0.29, 0.717) is 5.02 Å². The van der Waals surface area contributed by atoms with Crippen LogP contribution in [0.1, 0.15) is 25.9 Å². The molecule has 0 amide bonds. The first-order chi connectivity index (χ1) is 8.29. The Morgan fingerprint density at radius 1 is 1.47 bits per heavy atom. The Hall–Kier alpha value is -1.62. The van der Waals surface area contributed by atoms with Gasteiger partial charge in [0.2, 0.25) is 0 Å². The number of nitrogens with one attached hydrogen (secondary N) is 1. The average Bonchev–Trinajstić information content (AvgIpc) is 2.85. The Balaban J connectivity index is 2.10. The van der Waals surface area contributed by atoms with Crippen LogP contribution in [0.25, 0.3) is 0 Å². The van der Waals surface area contributed by atoms with Crippen molar-refractivity contribution in [3.8, 4) is 0 Å². The van der Waals surface area contributed by atoms with Crippen molar-refractivity contribution in [3.05, 3.63) is 36.0 Å². The summed E-state index contributed by atoms with van der Waals surface area (Å²) in [7, 11) is 0. The molecule has 0 aromatic carbocycles. The molecule has 0 aliphatic heterocycles. The number of anilines is 1. The van der Waals surface area contributed by atoms with Crippen LogP contribution in [0, 0.1) is 0 Å². The molecular formula is C11H14ClN5. The maximum absolute atomic E-state index is 5.79. The summed E-state index contributed by atoms with van der Waals surface area (Å²) in [6.45, 7) is 2.13. The molecule has 0 radical (unpaired) electrons. The van der Waals surface area contributed by atoms with Crippen molar-refractivity contribution in [2.75, 3.05) is 5.32 Å². The number of aromatic nitrogens is 4. The summed E-state index contributed by atoms with van der Waals surface area (Å²) in [6.07, 6.45) is 6.91. The molecule has 0 aliphatic carbocycles. The average molecular weight is 252 g/mol. The first-order valence-electron chi connectivity index (χ1n) is 5.52. The molecule has 1 N–H and O–H groups in total. The molecule has 0 saturated carbocycles. The van der Waals surface area contributed by atoms with Crippen LogP contribution in [0.5, 0.6) is 0 Å². The molecule has 0 fully saturated rings. The number of halogens is 1. The second-order valence-electron chi connectivity index (χ2n) is 3.69. The predicted molar refractivity (Wildman–Crippen MR) is 66.8 cm³/mol. The number of hydrogen-bond donors (Lipinski definition) is 1. The summed E-state index contributed by atoms with van der Waals surface area (Å²) in [4.78, 5) is 8.16. The Kier molecular flexibility index (Phi) is 3.93. The van der Waals surface area contributed by atoms with Crippen LogP contribution in [-0.4, -0.2) is 19.7 Å². The van der Waals surface area contributed by atoms with Gasteiger partial charge in [0.25, 0.3) is 0 Å². The lowest BCUT2D eigenvalue weighted by molar-refractivity contribution is 0.464. The van der Waals surface area contributed by atoms with Gasteiger partial charge in [0.15, 0.2) is 0 Å². The number of nitrogens with zero attached hydrogens (tertiary/aromatic N) is 4. The highest BCUT2D eigenvalue weighted by Gasteiger charge is 2.10. The van der Waals surface area contributed by atoms with E-state index in [1.54, 1.807) is 23.3 Å². The fraction of sp³-hybridized carbons (Fsp3) is 0.364. The minimum absolute atomic E-state index is 0.0659. The lowest BCUT2D eigenvalue weighted by atomic mass is 10.2. The van der Waals surface area contributed by atoms with Gasteiger partial charge in [-0.3, -0.25) is 0 Å². The van der Waals surface area contributed by atoms with Crippen molar-refractivity contribution in [2.24, 2.45) is 0 Å². The van der Waals surface area contributed by atoms with Crippen LogP contribution in [0.15, 0.2) is 31.0 Å². The molecule has 2 rings (SSSR count). The zero-order chi connectivity index (χ0) is 12.1. The Morgan fingerprint density at radius 2 is 2.35 bits per heavy atom. The Morgan fingerprint density at radius 3 is 2.94 bits per heavy atom. The van der Waals surface area contributed by atoms with E-state index < -0.39 is 0 Å². The van der Waals surface area contributed by atoms with Gasteiger partial charge in [-0.1, -0.05) is 24.9 Å². The zero-order valence-corrected chi connectivity index (χ0v) is 10.3. The molecule has 5 nitrogen and oxygen atoms in total. The summed E-state index contributed by atoms with van der Waals surface area (Å²) >= 11 is 5.79. The fourth-order valence-corrected chi connectivity index (χ4v) is 1.67. The predicted octanol–water partition coefficient (Wildman–Crippen LogP) is 2.74. The van der Waals surface area contributed by atoms with Crippen LogP contribution in [0.4, 0.5) is 5.82 Å². The SMILES string of the molecule is CCCC(Nc1ccc(Cl)cn1)n1cncn1. The molecule has 1 unspecified atom stereocenters. The Labute approximate surface area is 105 Å². The van der Waals surface area contributed by atoms with Gasteiger partial charge in [-0.25, -0.2) is 14.6 Å². The molecule has 90 valence electrons. The van der Waals surface area contributed by atoms with Crippen LogP contribution in [0.2, 0.25) is 5.02 Å². The van der Waals surface area contributed by atoms with Crippen LogP contribution >= 0.6 is 11.6 Å². The molecule has 17 heavy (non-hydrogen) atoms. The zero-order valence-electron chi connectivity index (χ0n) is 9.55. The minimum Gasteiger partial charge on any atom is -0.348 e. The second-order valence-corrected chi connectivity index (χ2v) is 4.12. The molecule has 0 saturated heterocycles. The molecule has 2 heterocycles. The molecule has 1 atom stereocenters. The van der Waals surface area contributed by atoms with Crippen LogP contribution in [0.3, 0.4) is 0 Å². The van der Waals surface area contributed by atoms with Gasteiger partial charge in [0, 0.05) is 6.20 Å². The van der Waals surface area contributed by atoms with Crippen LogP contribution < -0.4 is 5.32 Å². The van der Waals surface area contributed by atoms with Crippen molar-refractivity contribution in [1.82, 2.24) is 19.7 Å². The normalized spacial score (nSPS) is 12.4. The first-order valence-corrected chi connectivity index (χ1v) is 5.89. The third-order valence-corrected chi connectivity index (χ3v) is 2.58. The molecule has 2 aromatic rings. The van der Waals surface area contributed by atoms with Gasteiger partial charge >= 0.3 is 0 Å². The van der Waals surface area contributed by atoms with Gasteiger partial charge < -0.3 is 5.32 Å². The lowest BCUT2D eigenvalue weighted by Crippen LogP contribution is -2.19. The quantitative estimate of drug-likeness (QED) is 0.888. The van der Waals surface area contributed by atoms with Crippen molar-refractivity contribution in [1.29, 1.82) is 0 Å². The van der Waals surface area contributed by atoms with Gasteiger partial charge in [-0.05, 0) is 18.6 Å². The highest BCUT2D eigenvalue weighted by molar-refractivity contribution is 6.30. The van der Waals surface area contributed by atoms with E-state index in [2.05, 4.69) is 27.3 Å². The molecule has 0 spiro atoms. The summed E-state index contributed by atoms with van der Waals surface area (Å²) in [5.41, 5.74) is 0. The topological polar surface area (TPSA) is 55.6 Å². The highest BCUT2D eigenvalue weighted by atomic mass is 35.5. The third-order valence-electron chi connectivity index (χ3n) is 2.36. The van der Waals surface area contributed by atoms with Crippen molar-refractivity contribution in [2.45, 2.75) is 25.9 Å². The van der Waals surface area contributed by atoms with Gasteiger partial charge in [0.1, 0.15) is 24.6 Å². The molecular weight excluding hydrogens is 238 g/mol. The smallest absolute Gasteiger partial charge is 0.137 e. The van der Waals surface area contributed by atoms with Gasteiger partial charge in [-0.15, -0.1) is 0 Å². The summed E-state index contributed by atoms with van der Waals surface area (Å²) in [5, 5.41) is 8.07. The molecule has 0 aliphatic rings. The van der Waals surface area contributed by atoms with Crippen molar-refractivity contribution >= 4 is 17.4 Å². The van der Waals surface area contributed by atoms with E-state index in [0.717, 1.165) is 18.7 Å². The van der Waals surface area contributed by atoms with Crippen LogP contribution in [-0.2, 0) is 0 Å². The number of hydrogen-bond acceptors (Lipinski definition) is 4. The maximum Gasteiger partial charge on any atom is 0.137 e. The second kappa shape index (κ2) is 5.63. The van der Waals surface area contributed by atoms with Gasteiger partial charge in [0.05, 0.1) is 5.02 Å². The maximum atomic E-state index is 5.79. The monoisotopic (exact) mass is 251 g/mol. The summed E-state index contributed by atoms with van der Waals surface area (Å²) in [5.74, 6) is 0.781. The molecule has 0 bridgehead atoms. The molecule has 6 heteroatoms. The van der Waals surface area contributed by atoms with E-state index in [9.17, 15) is 0 Å².